The molecule has 0 unspecified atom stereocenters. The van der Waals surface area contributed by atoms with E-state index in [0.29, 0.717) is 43.3 Å². The van der Waals surface area contributed by atoms with Gasteiger partial charge in [-0.3, -0.25) is 9.69 Å². The molecule has 2 heterocycles. The van der Waals surface area contributed by atoms with Crippen LogP contribution in [0.2, 0.25) is 0 Å². The Labute approximate surface area is 154 Å². The second-order valence-electron chi connectivity index (χ2n) is 6.70. The molecule has 1 aromatic rings. The van der Waals surface area contributed by atoms with Crippen molar-refractivity contribution < 1.29 is 18.0 Å². The number of alkyl halides is 3. The topological polar surface area (TPSA) is 59.4 Å². The number of thiophene rings is 1. The first kappa shape index (κ1) is 19.1. The lowest BCUT2D eigenvalue weighted by Gasteiger charge is -2.34. The molecule has 1 amide bonds. The zero-order valence-corrected chi connectivity index (χ0v) is 15.2. The van der Waals surface area contributed by atoms with Gasteiger partial charge < -0.3 is 10.2 Å². The van der Waals surface area contributed by atoms with Gasteiger partial charge in [0.15, 0.2) is 0 Å². The summed E-state index contributed by atoms with van der Waals surface area (Å²) in [5, 5.41) is 12.8. The lowest BCUT2D eigenvalue weighted by atomic mass is 10.1. The number of rotatable bonds is 5. The number of nitrogens with one attached hydrogen (secondary N) is 1. The largest absolute Gasteiger partial charge is 0.401 e. The number of aryl methyl sites for hydroxylation is 1. The fourth-order valence-corrected chi connectivity index (χ4v) is 4.74. The normalized spacial score (nSPS) is 18.5. The molecular formula is C17H21F3N4OS. The van der Waals surface area contributed by atoms with Crippen LogP contribution in [0.25, 0.3) is 0 Å². The first-order valence-corrected chi connectivity index (χ1v) is 9.53. The summed E-state index contributed by atoms with van der Waals surface area (Å²) >= 11 is 1.49. The number of hydrogen-bond donors (Lipinski definition) is 1. The van der Waals surface area contributed by atoms with Crippen LogP contribution in [0.3, 0.4) is 0 Å². The van der Waals surface area contributed by atoms with Gasteiger partial charge in [0, 0.05) is 44.0 Å². The summed E-state index contributed by atoms with van der Waals surface area (Å²) in [6, 6.07) is 2.20. The van der Waals surface area contributed by atoms with Gasteiger partial charge in [-0.15, -0.1) is 11.3 Å². The molecule has 3 rings (SSSR count). The Morgan fingerprint density at radius 1 is 1.19 bits per heavy atom. The minimum absolute atomic E-state index is 0.154. The van der Waals surface area contributed by atoms with Gasteiger partial charge in [-0.05, 0) is 24.8 Å². The molecule has 26 heavy (non-hydrogen) atoms. The highest BCUT2D eigenvalue weighted by Crippen LogP contribution is 2.38. The minimum Gasteiger partial charge on any atom is -0.317 e. The van der Waals surface area contributed by atoms with Crippen molar-refractivity contribution in [1.29, 1.82) is 5.26 Å². The van der Waals surface area contributed by atoms with Crippen molar-refractivity contribution in [3.05, 3.63) is 16.0 Å². The van der Waals surface area contributed by atoms with E-state index < -0.39 is 12.7 Å². The van der Waals surface area contributed by atoms with Gasteiger partial charge in [-0.2, -0.15) is 18.4 Å². The van der Waals surface area contributed by atoms with E-state index in [1.54, 1.807) is 0 Å². The molecule has 9 heteroatoms. The van der Waals surface area contributed by atoms with Gasteiger partial charge in [0.25, 0.3) is 0 Å². The van der Waals surface area contributed by atoms with E-state index >= 15 is 0 Å². The van der Waals surface area contributed by atoms with Crippen LogP contribution >= 0.6 is 11.3 Å². The molecular weight excluding hydrogens is 365 g/mol. The zero-order valence-electron chi connectivity index (χ0n) is 14.4. The molecule has 1 N–H and O–H groups in total. The summed E-state index contributed by atoms with van der Waals surface area (Å²) in [7, 11) is 0. The van der Waals surface area contributed by atoms with Crippen LogP contribution < -0.4 is 5.32 Å². The van der Waals surface area contributed by atoms with Crippen LogP contribution in [0.15, 0.2) is 0 Å². The number of amides is 1. The van der Waals surface area contributed by atoms with E-state index in [-0.39, 0.29) is 12.3 Å². The smallest absolute Gasteiger partial charge is 0.317 e. The van der Waals surface area contributed by atoms with Gasteiger partial charge in [0.1, 0.15) is 11.1 Å². The molecule has 1 aliphatic carbocycles. The number of hydrogen-bond acceptors (Lipinski definition) is 5. The molecule has 1 aliphatic heterocycles. The van der Waals surface area contributed by atoms with E-state index in [2.05, 4.69) is 11.4 Å². The third-order valence-corrected chi connectivity index (χ3v) is 6.02. The molecule has 0 spiro atoms. The van der Waals surface area contributed by atoms with Crippen molar-refractivity contribution >= 4 is 22.2 Å². The lowest BCUT2D eigenvalue weighted by Crippen LogP contribution is -2.49. The van der Waals surface area contributed by atoms with Gasteiger partial charge in [-0.1, -0.05) is 0 Å². The van der Waals surface area contributed by atoms with Crippen molar-refractivity contribution in [2.75, 3.05) is 44.6 Å². The fraction of sp³-hybridized carbons (Fsp3) is 0.647. The molecule has 142 valence electrons. The highest BCUT2D eigenvalue weighted by Gasteiger charge is 2.32. The SMILES string of the molecule is N#Cc1c(NC(=O)CCN2CCN(CC(F)(F)F)CC2)sc2c1CCC2. The predicted molar refractivity (Wildman–Crippen MR) is 93.2 cm³/mol. The van der Waals surface area contributed by atoms with Crippen LogP contribution in [-0.2, 0) is 17.6 Å². The Hall–Kier alpha value is -1.63. The molecule has 5 nitrogen and oxygen atoms in total. The van der Waals surface area contributed by atoms with Crippen LogP contribution in [0.4, 0.5) is 18.2 Å². The second-order valence-corrected chi connectivity index (χ2v) is 7.81. The van der Waals surface area contributed by atoms with Crippen molar-refractivity contribution in [2.24, 2.45) is 0 Å². The van der Waals surface area contributed by atoms with Crippen molar-refractivity contribution in [3.63, 3.8) is 0 Å². The number of carbonyl (C=O) groups excluding carboxylic acids is 1. The van der Waals surface area contributed by atoms with Crippen LogP contribution in [0.1, 0.15) is 28.8 Å². The number of halogens is 3. The average molecular weight is 386 g/mol. The van der Waals surface area contributed by atoms with Crippen molar-refractivity contribution in [3.8, 4) is 6.07 Å². The molecule has 0 aromatic carbocycles. The van der Waals surface area contributed by atoms with E-state index in [0.717, 1.165) is 24.8 Å². The van der Waals surface area contributed by atoms with Gasteiger partial charge in [0.2, 0.25) is 5.91 Å². The van der Waals surface area contributed by atoms with Crippen LogP contribution in [0.5, 0.6) is 0 Å². The Morgan fingerprint density at radius 3 is 2.54 bits per heavy atom. The predicted octanol–water partition coefficient (Wildman–Crippen LogP) is 2.62. The number of piperazine rings is 1. The zero-order chi connectivity index (χ0) is 18.7. The molecule has 1 aromatic heterocycles. The number of anilines is 1. The highest BCUT2D eigenvalue weighted by atomic mass is 32.1. The molecule has 1 fully saturated rings. The third-order valence-electron chi connectivity index (χ3n) is 4.81. The van der Waals surface area contributed by atoms with Gasteiger partial charge in [-0.25, -0.2) is 0 Å². The fourth-order valence-electron chi connectivity index (χ4n) is 3.48. The maximum Gasteiger partial charge on any atom is 0.401 e. The summed E-state index contributed by atoms with van der Waals surface area (Å²) in [5.74, 6) is -0.154. The maximum atomic E-state index is 12.4. The van der Waals surface area contributed by atoms with Crippen molar-refractivity contribution in [2.45, 2.75) is 31.9 Å². The molecule has 0 saturated carbocycles. The summed E-state index contributed by atoms with van der Waals surface area (Å²) in [6.45, 7) is 1.41. The first-order valence-electron chi connectivity index (χ1n) is 8.71. The number of nitrogens with zero attached hydrogens (tertiary/aromatic N) is 3. The summed E-state index contributed by atoms with van der Waals surface area (Å²) in [4.78, 5) is 16.8. The lowest BCUT2D eigenvalue weighted by molar-refractivity contribution is -0.149. The summed E-state index contributed by atoms with van der Waals surface area (Å²) in [5.41, 5.74) is 1.67. The van der Waals surface area contributed by atoms with Crippen LogP contribution in [0, 0.1) is 11.3 Å². The molecule has 1 saturated heterocycles. The standard InChI is InChI=1S/C17H21F3N4OS/c18-17(19,20)11-24-8-6-23(7-9-24)5-4-15(25)22-16-13(10-21)12-2-1-3-14(12)26-16/h1-9,11H2,(H,22,25). The van der Waals surface area contributed by atoms with E-state index in [4.69, 9.17) is 0 Å². The second kappa shape index (κ2) is 7.94. The first-order chi connectivity index (χ1) is 12.4. The molecule has 0 atom stereocenters. The van der Waals surface area contributed by atoms with Crippen LogP contribution in [-0.4, -0.2) is 61.2 Å². The summed E-state index contributed by atoms with van der Waals surface area (Å²) < 4.78 is 37.2. The quantitative estimate of drug-likeness (QED) is 0.845. The third kappa shape index (κ3) is 4.75. The van der Waals surface area contributed by atoms with Gasteiger partial charge in [0.05, 0.1) is 12.1 Å². The Morgan fingerprint density at radius 2 is 1.88 bits per heavy atom. The molecule has 2 aliphatic rings. The van der Waals surface area contributed by atoms with E-state index in [1.165, 1.54) is 21.1 Å². The summed E-state index contributed by atoms with van der Waals surface area (Å²) in [6.07, 6.45) is -0.974. The number of fused-ring (bicyclic) bond motifs is 1. The number of nitriles is 1. The Balaban J connectivity index is 1.44. The monoisotopic (exact) mass is 386 g/mol. The number of carbonyl (C=O) groups is 1. The Kier molecular flexibility index (Phi) is 5.85. The average Bonchev–Trinajstić information content (AvgIpc) is 3.13. The van der Waals surface area contributed by atoms with E-state index in [1.807, 2.05) is 4.90 Å². The highest BCUT2D eigenvalue weighted by molar-refractivity contribution is 7.16. The van der Waals surface area contributed by atoms with Gasteiger partial charge >= 0.3 is 6.18 Å². The minimum atomic E-state index is -4.17. The van der Waals surface area contributed by atoms with Crippen molar-refractivity contribution in [1.82, 2.24) is 9.80 Å². The molecule has 0 radical (unpaired) electrons. The maximum absolute atomic E-state index is 12.4. The van der Waals surface area contributed by atoms with E-state index in [9.17, 15) is 23.2 Å². The molecule has 0 bridgehead atoms. The Bertz CT molecular complexity index is 702.